The van der Waals surface area contributed by atoms with E-state index in [4.69, 9.17) is 5.26 Å². The summed E-state index contributed by atoms with van der Waals surface area (Å²) in [7, 11) is 0. The molecule has 29 heavy (non-hydrogen) atoms. The topological polar surface area (TPSA) is 79.0 Å². The van der Waals surface area contributed by atoms with Gasteiger partial charge >= 0.3 is 0 Å². The molecule has 146 valence electrons. The predicted molar refractivity (Wildman–Crippen MR) is 110 cm³/mol. The number of carbonyl (C=O) groups is 1. The summed E-state index contributed by atoms with van der Waals surface area (Å²) in [5.74, 6) is -0.244. The van der Waals surface area contributed by atoms with Crippen LogP contribution in [-0.2, 0) is 6.54 Å². The molecule has 0 N–H and O–H groups in total. The molecule has 0 radical (unpaired) electrons. The van der Waals surface area contributed by atoms with Crippen molar-refractivity contribution in [2.24, 2.45) is 0 Å². The van der Waals surface area contributed by atoms with Crippen LogP contribution in [0.3, 0.4) is 0 Å². The minimum atomic E-state index is -0.256. The third-order valence-electron chi connectivity index (χ3n) is 4.85. The number of hydrogen-bond acceptors (Lipinski definition) is 4. The van der Waals surface area contributed by atoms with Crippen molar-refractivity contribution in [2.75, 3.05) is 6.54 Å². The summed E-state index contributed by atoms with van der Waals surface area (Å²) in [5, 5.41) is 13.3. The van der Waals surface area contributed by atoms with Crippen LogP contribution in [0.25, 0.3) is 0 Å². The van der Waals surface area contributed by atoms with Crippen molar-refractivity contribution in [2.45, 2.75) is 26.4 Å². The van der Waals surface area contributed by atoms with Crippen molar-refractivity contribution in [3.8, 4) is 6.07 Å². The van der Waals surface area contributed by atoms with Gasteiger partial charge in [-0.15, -0.1) is 0 Å². The second kappa shape index (κ2) is 8.98. The molecule has 6 nitrogen and oxygen atoms in total. The van der Waals surface area contributed by atoms with Gasteiger partial charge in [-0.2, -0.15) is 10.4 Å². The lowest BCUT2D eigenvalue weighted by Crippen LogP contribution is -2.35. The maximum atomic E-state index is 13.1. The van der Waals surface area contributed by atoms with E-state index in [-0.39, 0.29) is 23.2 Å². The molecule has 6 heteroatoms. The van der Waals surface area contributed by atoms with Crippen molar-refractivity contribution in [1.82, 2.24) is 14.7 Å². The van der Waals surface area contributed by atoms with E-state index in [0.717, 1.165) is 11.1 Å². The van der Waals surface area contributed by atoms with Crippen molar-refractivity contribution >= 4 is 5.91 Å². The first-order valence-electron chi connectivity index (χ1n) is 9.46. The SMILES string of the molecule is CCN(C(=O)c1ccc(=O)n(Cc2ccccc2)n1)C(C)c1ccc(C#N)cc1. The maximum absolute atomic E-state index is 13.1. The fourth-order valence-corrected chi connectivity index (χ4v) is 3.19. The molecule has 1 unspecified atom stereocenters. The van der Waals surface area contributed by atoms with Crippen LogP contribution in [0, 0.1) is 11.3 Å². The Labute approximate surface area is 169 Å². The highest BCUT2D eigenvalue weighted by Gasteiger charge is 2.23. The minimum Gasteiger partial charge on any atom is -0.331 e. The molecule has 0 aliphatic rings. The number of benzene rings is 2. The van der Waals surface area contributed by atoms with Crippen LogP contribution in [0.4, 0.5) is 0 Å². The average molecular weight is 386 g/mol. The summed E-state index contributed by atoms with van der Waals surface area (Å²) in [6.45, 7) is 4.62. The molecular formula is C23H22N4O2. The summed E-state index contributed by atoms with van der Waals surface area (Å²) in [6, 6.07) is 21.4. The Balaban J connectivity index is 1.86. The van der Waals surface area contributed by atoms with Gasteiger partial charge in [-0.1, -0.05) is 42.5 Å². The van der Waals surface area contributed by atoms with Crippen molar-refractivity contribution in [3.05, 3.63) is 99.5 Å². The van der Waals surface area contributed by atoms with Crippen molar-refractivity contribution in [1.29, 1.82) is 5.26 Å². The molecule has 0 saturated heterocycles. The number of aromatic nitrogens is 2. The summed E-state index contributed by atoms with van der Waals surface area (Å²) in [4.78, 5) is 27.0. The van der Waals surface area contributed by atoms with E-state index in [0.29, 0.717) is 18.7 Å². The quantitative estimate of drug-likeness (QED) is 0.650. The molecule has 0 spiro atoms. The maximum Gasteiger partial charge on any atom is 0.274 e. The normalized spacial score (nSPS) is 11.5. The number of nitriles is 1. The van der Waals surface area contributed by atoms with Crippen molar-refractivity contribution in [3.63, 3.8) is 0 Å². The van der Waals surface area contributed by atoms with Crippen LogP contribution in [-0.4, -0.2) is 27.1 Å². The van der Waals surface area contributed by atoms with Crippen LogP contribution in [0.1, 0.15) is 47.1 Å². The molecule has 3 aromatic rings. The number of nitrogens with zero attached hydrogens (tertiary/aromatic N) is 4. The van der Waals surface area contributed by atoms with Gasteiger partial charge in [0.15, 0.2) is 0 Å². The highest BCUT2D eigenvalue weighted by molar-refractivity contribution is 5.92. The first kappa shape index (κ1) is 20.0. The van der Waals surface area contributed by atoms with Gasteiger partial charge in [0.2, 0.25) is 0 Å². The van der Waals surface area contributed by atoms with E-state index in [9.17, 15) is 9.59 Å². The number of rotatable bonds is 6. The first-order chi connectivity index (χ1) is 14.0. The highest BCUT2D eigenvalue weighted by Crippen LogP contribution is 2.22. The van der Waals surface area contributed by atoms with Gasteiger partial charge in [0.1, 0.15) is 5.69 Å². The molecule has 1 atom stereocenters. The third-order valence-corrected chi connectivity index (χ3v) is 4.85. The summed E-state index contributed by atoms with van der Waals surface area (Å²) in [5.41, 5.74) is 2.41. The summed E-state index contributed by atoms with van der Waals surface area (Å²) < 4.78 is 1.31. The third kappa shape index (κ3) is 4.58. The minimum absolute atomic E-state index is 0.198. The molecule has 0 aliphatic heterocycles. The van der Waals surface area contributed by atoms with Gasteiger partial charge in [0.05, 0.1) is 24.2 Å². The van der Waals surface area contributed by atoms with Crippen LogP contribution in [0.5, 0.6) is 0 Å². The second-order valence-corrected chi connectivity index (χ2v) is 6.70. The molecule has 1 heterocycles. The lowest BCUT2D eigenvalue weighted by atomic mass is 10.0. The zero-order chi connectivity index (χ0) is 20.8. The molecule has 3 rings (SSSR count). The van der Waals surface area contributed by atoms with E-state index in [1.807, 2.05) is 56.3 Å². The Morgan fingerprint density at radius 3 is 2.41 bits per heavy atom. The average Bonchev–Trinajstić information content (AvgIpc) is 2.76. The largest absolute Gasteiger partial charge is 0.331 e. The molecule has 0 bridgehead atoms. The van der Waals surface area contributed by atoms with E-state index in [1.165, 1.54) is 16.8 Å². The fraction of sp³-hybridized carbons (Fsp3) is 0.217. The Bertz CT molecular complexity index is 1080. The lowest BCUT2D eigenvalue weighted by Gasteiger charge is -2.28. The Morgan fingerprint density at radius 1 is 1.10 bits per heavy atom. The second-order valence-electron chi connectivity index (χ2n) is 6.70. The van der Waals surface area contributed by atoms with Gasteiger partial charge in [-0.3, -0.25) is 9.59 Å². The van der Waals surface area contributed by atoms with Crippen LogP contribution < -0.4 is 5.56 Å². The molecule has 0 saturated carbocycles. The van der Waals surface area contributed by atoms with E-state index >= 15 is 0 Å². The van der Waals surface area contributed by atoms with Crippen molar-refractivity contribution < 1.29 is 4.79 Å². The molecule has 0 fully saturated rings. The van der Waals surface area contributed by atoms with Gasteiger partial charge in [-0.25, -0.2) is 4.68 Å². The van der Waals surface area contributed by atoms with E-state index in [2.05, 4.69) is 11.2 Å². The Hall–Kier alpha value is -3.72. The Morgan fingerprint density at radius 2 is 1.79 bits per heavy atom. The predicted octanol–water partition coefficient (Wildman–Crippen LogP) is 3.39. The van der Waals surface area contributed by atoms with Gasteiger partial charge < -0.3 is 4.90 Å². The van der Waals surface area contributed by atoms with Gasteiger partial charge in [-0.05, 0) is 43.2 Å². The van der Waals surface area contributed by atoms with E-state index in [1.54, 1.807) is 17.0 Å². The number of hydrogen-bond donors (Lipinski definition) is 0. The lowest BCUT2D eigenvalue weighted by molar-refractivity contribution is 0.0693. The summed E-state index contributed by atoms with van der Waals surface area (Å²) in [6.07, 6.45) is 0. The molecule has 1 amide bonds. The zero-order valence-corrected chi connectivity index (χ0v) is 16.4. The Kier molecular flexibility index (Phi) is 6.20. The molecule has 0 aliphatic carbocycles. The monoisotopic (exact) mass is 386 g/mol. The van der Waals surface area contributed by atoms with Gasteiger partial charge in [0.25, 0.3) is 11.5 Å². The molecular weight excluding hydrogens is 364 g/mol. The summed E-state index contributed by atoms with van der Waals surface area (Å²) >= 11 is 0. The van der Waals surface area contributed by atoms with E-state index < -0.39 is 0 Å². The smallest absolute Gasteiger partial charge is 0.274 e. The zero-order valence-electron chi connectivity index (χ0n) is 16.4. The number of carbonyl (C=O) groups excluding carboxylic acids is 1. The van der Waals surface area contributed by atoms with Crippen LogP contribution >= 0.6 is 0 Å². The molecule has 2 aromatic carbocycles. The fourth-order valence-electron chi connectivity index (χ4n) is 3.19. The standard InChI is InChI=1S/C23H22N4O2/c1-3-26(17(2)20-11-9-18(15-24)10-12-20)23(29)21-13-14-22(28)27(25-21)16-19-7-5-4-6-8-19/h4-14,17H,3,16H2,1-2H3. The van der Waals surface area contributed by atoms with Gasteiger partial charge in [0, 0.05) is 12.6 Å². The number of amides is 1. The highest BCUT2D eigenvalue weighted by atomic mass is 16.2. The van der Waals surface area contributed by atoms with Crippen LogP contribution in [0.2, 0.25) is 0 Å². The van der Waals surface area contributed by atoms with Crippen LogP contribution in [0.15, 0.2) is 71.5 Å². The first-order valence-corrected chi connectivity index (χ1v) is 9.46. The molecule has 1 aromatic heterocycles.